The second-order valence-electron chi connectivity index (χ2n) is 5.07. The number of esters is 1. The van der Waals surface area contributed by atoms with Crippen molar-refractivity contribution in [1.82, 2.24) is 5.32 Å². The Bertz CT molecular complexity index is 724. The highest BCUT2D eigenvalue weighted by atomic mass is 35.5. The molecule has 0 saturated heterocycles. The fourth-order valence-electron chi connectivity index (χ4n) is 1.93. The minimum absolute atomic E-state index is 0.0830. The summed E-state index contributed by atoms with van der Waals surface area (Å²) in [5, 5.41) is 3.21. The maximum Gasteiger partial charge on any atom is 0.354 e. The molecule has 0 fully saturated rings. The van der Waals surface area contributed by atoms with E-state index in [1.165, 1.54) is 0 Å². The monoisotopic (exact) mass is 343 g/mol. The lowest BCUT2D eigenvalue weighted by Gasteiger charge is -2.10. The average Bonchev–Trinajstić information content (AvgIpc) is 2.61. The number of hydrogen-bond donors (Lipinski definition) is 1. The van der Waals surface area contributed by atoms with E-state index < -0.39 is 5.97 Å². The van der Waals surface area contributed by atoms with E-state index in [4.69, 9.17) is 16.3 Å². The van der Waals surface area contributed by atoms with Crippen molar-refractivity contribution in [2.45, 2.75) is 13.3 Å². The molecule has 0 aromatic heterocycles. The van der Waals surface area contributed by atoms with Gasteiger partial charge >= 0.3 is 5.97 Å². The largest absolute Gasteiger partial charge is 0.461 e. The van der Waals surface area contributed by atoms with Crippen molar-refractivity contribution in [3.63, 3.8) is 0 Å². The van der Waals surface area contributed by atoms with Crippen molar-refractivity contribution in [3.05, 3.63) is 76.4 Å². The summed E-state index contributed by atoms with van der Waals surface area (Å²) in [4.78, 5) is 24.5. The van der Waals surface area contributed by atoms with Gasteiger partial charge in [-0.15, -0.1) is 0 Å². The van der Waals surface area contributed by atoms with Gasteiger partial charge in [0.05, 0.1) is 6.61 Å². The molecule has 2 aromatic carbocycles. The van der Waals surface area contributed by atoms with Crippen molar-refractivity contribution < 1.29 is 14.3 Å². The summed E-state index contributed by atoms with van der Waals surface area (Å²) in [6.45, 7) is 2.19. The standard InChI is InChI=1S/C19H18ClNO3/c1-2-12-24-19(23)17(13-14-8-10-16(20)11-9-14)21-18(22)15-6-4-3-5-7-15/h3-11,13H,2,12H2,1H3,(H,21,22). The molecule has 1 amide bonds. The lowest BCUT2D eigenvalue weighted by atomic mass is 10.1. The molecule has 5 heteroatoms. The predicted molar refractivity (Wildman–Crippen MR) is 94.6 cm³/mol. The SMILES string of the molecule is CCCOC(=O)C(=Cc1ccc(Cl)cc1)NC(=O)c1ccccc1. The molecule has 0 saturated carbocycles. The highest BCUT2D eigenvalue weighted by Gasteiger charge is 2.15. The molecule has 2 aromatic rings. The van der Waals surface area contributed by atoms with Crippen LogP contribution in [-0.2, 0) is 9.53 Å². The number of rotatable bonds is 6. The van der Waals surface area contributed by atoms with Crippen molar-refractivity contribution in [3.8, 4) is 0 Å². The quantitative estimate of drug-likeness (QED) is 0.635. The van der Waals surface area contributed by atoms with E-state index >= 15 is 0 Å². The van der Waals surface area contributed by atoms with Gasteiger partial charge in [-0.2, -0.15) is 0 Å². The van der Waals surface area contributed by atoms with E-state index in [1.807, 2.05) is 13.0 Å². The Hall–Kier alpha value is -2.59. The van der Waals surface area contributed by atoms with E-state index in [1.54, 1.807) is 54.6 Å². The van der Waals surface area contributed by atoms with Crippen molar-refractivity contribution >= 4 is 29.6 Å². The molecule has 4 nitrogen and oxygen atoms in total. The van der Waals surface area contributed by atoms with Gasteiger partial charge in [0, 0.05) is 10.6 Å². The molecule has 0 unspecified atom stereocenters. The van der Waals surface area contributed by atoms with Gasteiger partial charge in [0.25, 0.3) is 5.91 Å². The van der Waals surface area contributed by atoms with Crippen LogP contribution in [0.3, 0.4) is 0 Å². The first-order valence-corrected chi connectivity index (χ1v) is 7.98. The lowest BCUT2D eigenvalue weighted by molar-refractivity contribution is -0.139. The Morgan fingerprint density at radius 2 is 1.75 bits per heavy atom. The number of nitrogens with one attached hydrogen (secondary N) is 1. The Morgan fingerprint density at radius 1 is 1.08 bits per heavy atom. The van der Waals surface area contributed by atoms with Crippen LogP contribution in [0, 0.1) is 0 Å². The molecule has 0 atom stereocenters. The minimum atomic E-state index is -0.573. The molecule has 2 rings (SSSR count). The smallest absolute Gasteiger partial charge is 0.354 e. The van der Waals surface area contributed by atoms with Crippen LogP contribution in [0.25, 0.3) is 6.08 Å². The van der Waals surface area contributed by atoms with Gasteiger partial charge in [-0.1, -0.05) is 48.9 Å². The summed E-state index contributed by atoms with van der Waals surface area (Å²) in [6.07, 6.45) is 2.27. The summed E-state index contributed by atoms with van der Waals surface area (Å²) in [5.41, 5.74) is 1.28. The molecule has 0 aliphatic carbocycles. The summed E-state index contributed by atoms with van der Waals surface area (Å²) >= 11 is 5.86. The molecule has 24 heavy (non-hydrogen) atoms. The zero-order valence-electron chi connectivity index (χ0n) is 13.3. The number of hydrogen-bond acceptors (Lipinski definition) is 3. The van der Waals surface area contributed by atoms with Gasteiger partial charge in [-0.05, 0) is 42.3 Å². The Morgan fingerprint density at radius 3 is 2.38 bits per heavy atom. The molecule has 124 valence electrons. The van der Waals surface area contributed by atoms with Crippen LogP contribution < -0.4 is 5.32 Å². The van der Waals surface area contributed by atoms with Crippen molar-refractivity contribution in [2.24, 2.45) is 0 Å². The van der Waals surface area contributed by atoms with E-state index in [9.17, 15) is 9.59 Å². The van der Waals surface area contributed by atoms with Gasteiger partial charge in [-0.25, -0.2) is 4.79 Å². The van der Waals surface area contributed by atoms with Gasteiger partial charge < -0.3 is 10.1 Å². The first-order chi connectivity index (χ1) is 11.6. The number of carbonyl (C=O) groups excluding carboxylic acids is 2. The van der Waals surface area contributed by atoms with Crippen LogP contribution in [0.2, 0.25) is 5.02 Å². The van der Waals surface area contributed by atoms with Crippen LogP contribution in [0.5, 0.6) is 0 Å². The van der Waals surface area contributed by atoms with E-state index in [2.05, 4.69) is 5.32 Å². The molecule has 0 bridgehead atoms. The van der Waals surface area contributed by atoms with Crippen molar-refractivity contribution in [1.29, 1.82) is 0 Å². The molecule has 0 heterocycles. The van der Waals surface area contributed by atoms with E-state index in [-0.39, 0.29) is 18.2 Å². The molecule has 0 spiro atoms. The third-order valence-electron chi connectivity index (χ3n) is 3.12. The van der Waals surface area contributed by atoms with Gasteiger partial charge in [-0.3, -0.25) is 4.79 Å². The first-order valence-electron chi connectivity index (χ1n) is 7.61. The molecular weight excluding hydrogens is 326 g/mol. The fraction of sp³-hybridized carbons (Fsp3) is 0.158. The van der Waals surface area contributed by atoms with Crippen LogP contribution >= 0.6 is 11.6 Å². The zero-order valence-corrected chi connectivity index (χ0v) is 14.0. The summed E-state index contributed by atoms with van der Waals surface area (Å²) in [5.74, 6) is -0.944. The molecule has 0 radical (unpaired) electrons. The number of amides is 1. The second kappa shape index (κ2) is 8.89. The van der Waals surface area contributed by atoms with Crippen LogP contribution in [-0.4, -0.2) is 18.5 Å². The molecule has 1 N–H and O–H groups in total. The third-order valence-corrected chi connectivity index (χ3v) is 3.37. The maximum atomic E-state index is 12.3. The molecular formula is C19H18ClNO3. The summed E-state index contributed by atoms with van der Waals surface area (Å²) in [7, 11) is 0. The third kappa shape index (κ3) is 5.25. The van der Waals surface area contributed by atoms with E-state index in [0.29, 0.717) is 17.0 Å². The first kappa shape index (κ1) is 17.8. The second-order valence-corrected chi connectivity index (χ2v) is 5.50. The van der Waals surface area contributed by atoms with Gasteiger partial charge in [0.2, 0.25) is 0 Å². The minimum Gasteiger partial charge on any atom is -0.461 e. The van der Waals surface area contributed by atoms with Crippen molar-refractivity contribution in [2.75, 3.05) is 6.61 Å². The number of halogens is 1. The Kier molecular flexibility index (Phi) is 6.58. The van der Waals surface area contributed by atoms with Gasteiger partial charge in [0.15, 0.2) is 0 Å². The van der Waals surface area contributed by atoms with E-state index in [0.717, 1.165) is 5.56 Å². The lowest BCUT2D eigenvalue weighted by Crippen LogP contribution is -2.28. The highest BCUT2D eigenvalue weighted by Crippen LogP contribution is 2.13. The highest BCUT2D eigenvalue weighted by molar-refractivity contribution is 6.30. The number of benzene rings is 2. The normalized spacial score (nSPS) is 11.0. The Balaban J connectivity index is 2.23. The van der Waals surface area contributed by atoms with Crippen LogP contribution in [0.4, 0.5) is 0 Å². The van der Waals surface area contributed by atoms with Crippen LogP contribution in [0.1, 0.15) is 29.3 Å². The summed E-state index contributed by atoms with van der Waals surface area (Å²) in [6, 6.07) is 15.6. The molecule has 0 aliphatic rings. The number of carbonyl (C=O) groups is 2. The zero-order chi connectivity index (χ0) is 17.4. The maximum absolute atomic E-state index is 12.3. The topological polar surface area (TPSA) is 55.4 Å². The predicted octanol–water partition coefficient (Wildman–Crippen LogP) is 4.06. The summed E-state index contributed by atoms with van der Waals surface area (Å²) < 4.78 is 5.14. The van der Waals surface area contributed by atoms with Gasteiger partial charge in [0.1, 0.15) is 5.70 Å². The number of ether oxygens (including phenoxy) is 1. The van der Waals surface area contributed by atoms with Crippen LogP contribution in [0.15, 0.2) is 60.3 Å². The average molecular weight is 344 g/mol. The fourth-order valence-corrected chi connectivity index (χ4v) is 2.05. The molecule has 0 aliphatic heterocycles. The Labute approximate surface area is 146 Å².